The first-order valence-electron chi connectivity index (χ1n) is 8.41. The summed E-state index contributed by atoms with van der Waals surface area (Å²) in [6.07, 6.45) is 3.20. The minimum absolute atomic E-state index is 0.0858. The Morgan fingerprint density at radius 1 is 0.964 bits per heavy atom. The lowest BCUT2D eigenvalue weighted by atomic mass is 10.1. The van der Waals surface area contributed by atoms with Gasteiger partial charge in [-0.2, -0.15) is 5.26 Å². The van der Waals surface area contributed by atoms with E-state index in [2.05, 4.69) is 20.4 Å². The fourth-order valence-corrected chi connectivity index (χ4v) is 3.89. The van der Waals surface area contributed by atoms with Crippen LogP contribution in [0.3, 0.4) is 0 Å². The maximum atomic E-state index is 9.11. The number of thiophene rings is 1. The number of hydrogen-bond acceptors (Lipinski definition) is 7. The molecule has 0 saturated carbocycles. The van der Waals surface area contributed by atoms with Crippen LogP contribution in [-0.4, -0.2) is 29.7 Å². The maximum Gasteiger partial charge on any atom is 0.252 e. The fourth-order valence-electron chi connectivity index (χ4n) is 2.95. The van der Waals surface area contributed by atoms with Crippen molar-refractivity contribution < 1.29 is 0 Å². The molecule has 4 heterocycles. The Morgan fingerprint density at radius 3 is 2.57 bits per heavy atom. The highest BCUT2D eigenvalue weighted by Crippen LogP contribution is 2.36. The lowest BCUT2D eigenvalue weighted by Gasteiger charge is -2.07. The van der Waals surface area contributed by atoms with Crippen molar-refractivity contribution in [3.8, 4) is 34.5 Å². The van der Waals surface area contributed by atoms with E-state index in [1.807, 2.05) is 54.6 Å². The number of nitriles is 1. The quantitative estimate of drug-likeness (QED) is 0.471. The van der Waals surface area contributed by atoms with Gasteiger partial charge in [-0.1, -0.05) is 36.4 Å². The van der Waals surface area contributed by atoms with E-state index in [1.165, 1.54) is 22.3 Å². The predicted molar refractivity (Wildman–Crippen MR) is 106 cm³/mol. The molecule has 0 fully saturated rings. The predicted octanol–water partition coefficient (Wildman–Crippen LogP) is 3.87. The van der Waals surface area contributed by atoms with Crippen molar-refractivity contribution in [2.24, 2.45) is 0 Å². The monoisotopic (exact) mass is 381 g/mol. The molecule has 5 rings (SSSR count). The molecule has 1 aromatic carbocycles. The number of pyridine rings is 1. The molecule has 28 heavy (non-hydrogen) atoms. The second-order valence-electron chi connectivity index (χ2n) is 5.91. The molecule has 7 nitrogen and oxygen atoms in total. The Labute approximate surface area is 163 Å². The molecule has 0 bridgehead atoms. The summed E-state index contributed by atoms with van der Waals surface area (Å²) in [7, 11) is 0. The highest BCUT2D eigenvalue weighted by molar-refractivity contribution is 7.17. The van der Waals surface area contributed by atoms with E-state index in [-0.39, 0.29) is 5.82 Å². The molecule has 0 aliphatic heterocycles. The number of nitrogens with zero attached hydrogens (tertiary/aromatic N) is 7. The van der Waals surface area contributed by atoms with E-state index in [0.717, 1.165) is 21.3 Å². The van der Waals surface area contributed by atoms with Crippen molar-refractivity contribution in [2.75, 3.05) is 0 Å². The molecule has 0 unspecified atom stereocenters. The van der Waals surface area contributed by atoms with Crippen molar-refractivity contribution in [2.45, 2.75) is 0 Å². The van der Waals surface area contributed by atoms with Gasteiger partial charge in [0.1, 0.15) is 22.9 Å². The normalized spacial score (nSPS) is 10.8. The smallest absolute Gasteiger partial charge is 0.252 e. The van der Waals surface area contributed by atoms with Gasteiger partial charge >= 0.3 is 0 Å². The molecular weight excluding hydrogens is 370 g/mol. The van der Waals surface area contributed by atoms with Gasteiger partial charge in [0.05, 0.1) is 5.39 Å². The molecule has 0 saturated heterocycles. The van der Waals surface area contributed by atoms with Crippen LogP contribution in [0.4, 0.5) is 0 Å². The SMILES string of the molecule is N#Cc1ncn(-c2nc(-c3ccccn3)nc3scc(-c4ccccc4)c23)n1. The highest BCUT2D eigenvalue weighted by Gasteiger charge is 2.19. The van der Waals surface area contributed by atoms with Gasteiger partial charge in [0.2, 0.25) is 0 Å². The number of hydrogen-bond donors (Lipinski definition) is 0. The van der Waals surface area contributed by atoms with E-state index in [0.29, 0.717) is 17.3 Å². The van der Waals surface area contributed by atoms with Crippen molar-refractivity contribution in [3.05, 3.63) is 72.3 Å². The molecule has 0 aliphatic rings. The van der Waals surface area contributed by atoms with Crippen molar-refractivity contribution in [1.82, 2.24) is 29.7 Å². The Kier molecular flexibility index (Phi) is 3.85. The van der Waals surface area contributed by atoms with Gasteiger partial charge in [-0.3, -0.25) is 4.98 Å². The van der Waals surface area contributed by atoms with Crippen LogP contribution < -0.4 is 0 Å². The van der Waals surface area contributed by atoms with Crippen LogP contribution in [0, 0.1) is 11.3 Å². The van der Waals surface area contributed by atoms with Crippen molar-refractivity contribution in [3.63, 3.8) is 0 Å². The summed E-state index contributed by atoms with van der Waals surface area (Å²) < 4.78 is 1.52. The Bertz CT molecular complexity index is 1320. The van der Waals surface area contributed by atoms with Crippen LogP contribution in [0.5, 0.6) is 0 Å². The lowest BCUT2D eigenvalue weighted by molar-refractivity contribution is 0.846. The van der Waals surface area contributed by atoms with Crippen LogP contribution in [0.1, 0.15) is 5.82 Å². The largest absolute Gasteiger partial charge is 0.253 e. The third-order valence-corrected chi connectivity index (χ3v) is 5.07. The van der Waals surface area contributed by atoms with Crippen LogP contribution in [0.2, 0.25) is 0 Å². The zero-order chi connectivity index (χ0) is 18.9. The van der Waals surface area contributed by atoms with Gasteiger partial charge in [0.15, 0.2) is 11.6 Å². The van der Waals surface area contributed by atoms with E-state index in [9.17, 15) is 0 Å². The Morgan fingerprint density at radius 2 is 1.82 bits per heavy atom. The van der Waals surface area contributed by atoms with Crippen molar-refractivity contribution >= 4 is 21.6 Å². The zero-order valence-corrected chi connectivity index (χ0v) is 15.2. The van der Waals surface area contributed by atoms with Crippen molar-refractivity contribution in [1.29, 1.82) is 5.26 Å². The summed E-state index contributed by atoms with van der Waals surface area (Å²) >= 11 is 1.53. The molecule has 0 atom stereocenters. The van der Waals surface area contributed by atoms with Gasteiger partial charge < -0.3 is 0 Å². The van der Waals surface area contributed by atoms with E-state index in [4.69, 9.17) is 15.2 Å². The van der Waals surface area contributed by atoms with Gasteiger partial charge in [-0.25, -0.2) is 19.6 Å². The minimum atomic E-state index is 0.0858. The third kappa shape index (κ3) is 2.71. The molecule has 8 heteroatoms. The van der Waals surface area contributed by atoms with E-state index < -0.39 is 0 Å². The molecule has 0 radical (unpaired) electrons. The zero-order valence-electron chi connectivity index (χ0n) is 14.4. The van der Waals surface area contributed by atoms with Crippen LogP contribution in [-0.2, 0) is 0 Å². The first-order valence-corrected chi connectivity index (χ1v) is 9.29. The Hall–Kier alpha value is -3.96. The average molecular weight is 381 g/mol. The van der Waals surface area contributed by atoms with Crippen LogP contribution in [0.15, 0.2) is 66.4 Å². The summed E-state index contributed by atoms with van der Waals surface area (Å²) in [5.74, 6) is 1.15. The lowest BCUT2D eigenvalue weighted by Crippen LogP contribution is -2.03. The summed E-state index contributed by atoms with van der Waals surface area (Å²) in [4.78, 5) is 18.7. The molecule has 0 amide bonds. The molecule has 132 valence electrons. The molecule has 4 aromatic heterocycles. The minimum Gasteiger partial charge on any atom is -0.253 e. The third-order valence-electron chi connectivity index (χ3n) is 4.20. The molecule has 0 N–H and O–H groups in total. The van der Waals surface area contributed by atoms with E-state index >= 15 is 0 Å². The summed E-state index contributed by atoms with van der Waals surface area (Å²) in [6.45, 7) is 0. The summed E-state index contributed by atoms with van der Waals surface area (Å²) in [5, 5.41) is 16.3. The standard InChI is InChI=1S/C20H11N7S/c21-10-16-23-12-27(26-16)19-17-14(13-6-2-1-3-7-13)11-28-20(17)25-18(24-19)15-8-4-5-9-22-15/h1-9,11-12H. The van der Waals surface area contributed by atoms with Gasteiger partial charge in [-0.15, -0.1) is 16.4 Å². The number of rotatable bonds is 3. The fraction of sp³-hybridized carbons (Fsp3) is 0. The second kappa shape index (κ2) is 6.64. The van der Waals surface area contributed by atoms with E-state index in [1.54, 1.807) is 6.20 Å². The van der Waals surface area contributed by atoms with Gasteiger partial charge in [0, 0.05) is 17.1 Å². The number of benzene rings is 1. The molecule has 0 spiro atoms. The molecule has 0 aliphatic carbocycles. The highest BCUT2D eigenvalue weighted by atomic mass is 32.1. The number of fused-ring (bicyclic) bond motifs is 1. The number of aromatic nitrogens is 6. The molecular formula is C20H11N7S. The average Bonchev–Trinajstić information content (AvgIpc) is 3.41. The maximum absolute atomic E-state index is 9.11. The van der Waals surface area contributed by atoms with Crippen LogP contribution >= 0.6 is 11.3 Å². The first-order chi connectivity index (χ1) is 13.8. The van der Waals surface area contributed by atoms with Crippen LogP contribution in [0.25, 0.3) is 38.7 Å². The topological polar surface area (TPSA) is 93.2 Å². The summed E-state index contributed by atoms with van der Waals surface area (Å²) in [5.41, 5.74) is 2.74. The molecule has 5 aromatic rings. The first kappa shape index (κ1) is 16.2. The summed E-state index contributed by atoms with van der Waals surface area (Å²) in [6, 6.07) is 17.6. The van der Waals surface area contributed by atoms with Gasteiger partial charge in [0.25, 0.3) is 5.82 Å². The second-order valence-corrected chi connectivity index (χ2v) is 6.76. The Balaban J connectivity index is 1.81. The van der Waals surface area contributed by atoms with Gasteiger partial charge in [-0.05, 0) is 17.7 Å².